The van der Waals surface area contributed by atoms with Crippen molar-refractivity contribution in [1.82, 2.24) is 10.7 Å². The Labute approximate surface area is 178 Å². The number of nitrogens with one attached hydrogen (secondary N) is 3. The molecule has 3 N–H and O–H groups in total. The van der Waals surface area contributed by atoms with Gasteiger partial charge in [0.15, 0.2) is 6.61 Å². The smallest absolute Gasteiger partial charge is 0.329 e. The highest BCUT2D eigenvalue weighted by molar-refractivity contribution is 6.35. The summed E-state index contributed by atoms with van der Waals surface area (Å²) < 4.78 is 5.49. The van der Waals surface area contributed by atoms with Gasteiger partial charge >= 0.3 is 11.8 Å². The fourth-order valence-corrected chi connectivity index (χ4v) is 2.58. The van der Waals surface area contributed by atoms with Gasteiger partial charge in [0.05, 0.1) is 6.21 Å². The lowest BCUT2D eigenvalue weighted by atomic mass is 10.2. The normalized spacial score (nSPS) is 13.0. The van der Waals surface area contributed by atoms with Gasteiger partial charge < -0.3 is 15.4 Å². The van der Waals surface area contributed by atoms with Crippen LogP contribution >= 0.6 is 11.6 Å². The van der Waals surface area contributed by atoms with Gasteiger partial charge in [0.25, 0.3) is 5.91 Å². The van der Waals surface area contributed by atoms with Crippen molar-refractivity contribution in [3.05, 3.63) is 58.6 Å². The average molecular weight is 429 g/mol. The van der Waals surface area contributed by atoms with Crippen LogP contribution in [-0.4, -0.2) is 36.6 Å². The van der Waals surface area contributed by atoms with Crippen molar-refractivity contribution in [2.24, 2.45) is 5.10 Å². The molecule has 30 heavy (non-hydrogen) atoms. The van der Waals surface area contributed by atoms with Gasteiger partial charge in [-0.2, -0.15) is 5.10 Å². The van der Waals surface area contributed by atoms with E-state index in [0.29, 0.717) is 22.0 Å². The number of hydrazone groups is 1. The third kappa shape index (κ3) is 6.59. The summed E-state index contributed by atoms with van der Waals surface area (Å²) in [5.74, 6) is -1.40. The molecule has 0 bridgehead atoms. The summed E-state index contributed by atoms with van der Waals surface area (Å²) in [4.78, 5) is 35.2. The number of halogens is 1. The van der Waals surface area contributed by atoms with E-state index in [2.05, 4.69) is 21.2 Å². The van der Waals surface area contributed by atoms with E-state index in [-0.39, 0.29) is 18.6 Å². The predicted octanol–water partition coefficient (Wildman–Crippen LogP) is 2.39. The van der Waals surface area contributed by atoms with Gasteiger partial charge in [-0.25, -0.2) is 5.43 Å². The van der Waals surface area contributed by atoms with Crippen LogP contribution in [0.2, 0.25) is 5.02 Å². The molecule has 0 spiro atoms. The minimum absolute atomic E-state index is 0.0984. The fraction of sp³-hybridized carbons (Fsp3) is 0.238. The fourth-order valence-electron chi connectivity index (χ4n) is 2.40. The Hall–Kier alpha value is -3.39. The third-order valence-electron chi connectivity index (χ3n) is 4.18. The SMILES string of the molecule is Cc1ccc(NC(=O)COc2cccc(/C=N\NC(=O)C(=O)NC3CC3)c2)cc1Cl. The summed E-state index contributed by atoms with van der Waals surface area (Å²) in [5, 5.41) is 9.61. The van der Waals surface area contributed by atoms with Crippen molar-refractivity contribution in [2.75, 3.05) is 11.9 Å². The number of anilines is 1. The lowest BCUT2D eigenvalue weighted by Crippen LogP contribution is -2.38. The number of hydrogen-bond donors (Lipinski definition) is 3. The van der Waals surface area contributed by atoms with Crippen LogP contribution in [0.1, 0.15) is 24.0 Å². The van der Waals surface area contributed by atoms with Crippen molar-refractivity contribution in [3.63, 3.8) is 0 Å². The predicted molar refractivity (Wildman–Crippen MR) is 114 cm³/mol. The number of aryl methyl sites for hydroxylation is 1. The number of ether oxygens (including phenoxy) is 1. The highest BCUT2D eigenvalue weighted by Gasteiger charge is 2.26. The summed E-state index contributed by atoms with van der Waals surface area (Å²) in [6.07, 6.45) is 3.17. The van der Waals surface area contributed by atoms with Gasteiger partial charge in [0.2, 0.25) is 0 Å². The lowest BCUT2D eigenvalue weighted by Gasteiger charge is -2.09. The quantitative estimate of drug-likeness (QED) is 0.357. The summed E-state index contributed by atoms with van der Waals surface area (Å²) >= 11 is 6.05. The number of rotatable bonds is 7. The van der Waals surface area contributed by atoms with Crippen LogP contribution in [0.3, 0.4) is 0 Å². The number of nitrogens with zero attached hydrogens (tertiary/aromatic N) is 1. The molecule has 1 saturated carbocycles. The van der Waals surface area contributed by atoms with Gasteiger partial charge in [0, 0.05) is 16.8 Å². The molecule has 2 aromatic rings. The molecule has 0 radical (unpaired) electrons. The second kappa shape index (κ2) is 9.89. The zero-order chi connectivity index (χ0) is 21.5. The first-order chi connectivity index (χ1) is 14.4. The van der Waals surface area contributed by atoms with Crippen LogP contribution in [0.25, 0.3) is 0 Å². The zero-order valence-electron chi connectivity index (χ0n) is 16.3. The van der Waals surface area contributed by atoms with E-state index in [1.165, 1.54) is 6.21 Å². The van der Waals surface area contributed by atoms with Crippen LogP contribution in [0.15, 0.2) is 47.6 Å². The Morgan fingerprint density at radius 2 is 1.97 bits per heavy atom. The van der Waals surface area contributed by atoms with Gasteiger partial charge in [-0.3, -0.25) is 14.4 Å². The second-order valence-electron chi connectivity index (χ2n) is 6.82. The van der Waals surface area contributed by atoms with E-state index in [9.17, 15) is 14.4 Å². The number of carbonyl (C=O) groups is 3. The minimum Gasteiger partial charge on any atom is -0.484 e. The second-order valence-corrected chi connectivity index (χ2v) is 7.23. The summed E-state index contributed by atoms with van der Waals surface area (Å²) in [6.45, 7) is 1.69. The van der Waals surface area contributed by atoms with Crippen LogP contribution in [0.5, 0.6) is 5.75 Å². The van der Waals surface area contributed by atoms with E-state index >= 15 is 0 Å². The first-order valence-corrected chi connectivity index (χ1v) is 9.71. The van der Waals surface area contributed by atoms with Gasteiger partial charge in [0.1, 0.15) is 5.75 Å². The van der Waals surface area contributed by atoms with Gasteiger partial charge in [-0.05, 0) is 55.2 Å². The van der Waals surface area contributed by atoms with E-state index < -0.39 is 11.8 Å². The summed E-state index contributed by atoms with van der Waals surface area (Å²) in [5.41, 5.74) is 4.30. The van der Waals surface area contributed by atoms with Crippen molar-refractivity contribution in [2.45, 2.75) is 25.8 Å². The molecule has 8 nitrogen and oxygen atoms in total. The lowest BCUT2D eigenvalue weighted by molar-refractivity contribution is -0.139. The molecule has 3 rings (SSSR count). The summed E-state index contributed by atoms with van der Waals surface area (Å²) in [6, 6.07) is 12.1. The third-order valence-corrected chi connectivity index (χ3v) is 4.59. The van der Waals surface area contributed by atoms with Crippen LogP contribution in [-0.2, 0) is 14.4 Å². The molecule has 0 heterocycles. The molecular formula is C21H21ClN4O4. The van der Waals surface area contributed by atoms with E-state index in [0.717, 1.165) is 18.4 Å². The molecule has 0 aliphatic heterocycles. The maximum absolute atomic E-state index is 12.1. The Balaban J connectivity index is 1.47. The number of benzene rings is 2. The van der Waals surface area contributed by atoms with Gasteiger partial charge in [-0.15, -0.1) is 0 Å². The molecule has 0 unspecified atom stereocenters. The zero-order valence-corrected chi connectivity index (χ0v) is 17.0. The van der Waals surface area contributed by atoms with Crippen LogP contribution in [0.4, 0.5) is 5.69 Å². The first-order valence-electron chi connectivity index (χ1n) is 9.33. The Morgan fingerprint density at radius 1 is 1.17 bits per heavy atom. The summed E-state index contributed by atoms with van der Waals surface area (Å²) in [7, 11) is 0. The molecule has 1 fully saturated rings. The monoisotopic (exact) mass is 428 g/mol. The number of amides is 3. The molecule has 156 valence electrons. The molecule has 2 aromatic carbocycles. The van der Waals surface area contributed by atoms with E-state index in [1.807, 2.05) is 13.0 Å². The first kappa shape index (κ1) is 21.3. The number of carbonyl (C=O) groups excluding carboxylic acids is 3. The maximum atomic E-state index is 12.1. The molecule has 3 amide bonds. The number of hydrogen-bond acceptors (Lipinski definition) is 5. The highest BCUT2D eigenvalue weighted by atomic mass is 35.5. The van der Waals surface area contributed by atoms with E-state index in [1.54, 1.807) is 36.4 Å². The van der Waals surface area contributed by atoms with Crippen molar-refractivity contribution in [3.8, 4) is 5.75 Å². The Kier molecular flexibility index (Phi) is 7.03. The molecule has 1 aliphatic carbocycles. The van der Waals surface area contributed by atoms with E-state index in [4.69, 9.17) is 16.3 Å². The molecule has 0 saturated heterocycles. The molecular weight excluding hydrogens is 408 g/mol. The molecule has 0 aromatic heterocycles. The van der Waals surface area contributed by atoms with Crippen LogP contribution < -0.4 is 20.8 Å². The van der Waals surface area contributed by atoms with Crippen molar-refractivity contribution < 1.29 is 19.1 Å². The highest BCUT2D eigenvalue weighted by Crippen LogP contribution is 2.20. The van der Waals surface area contributed by atoms with Crippen molar-refractivity contribution in [1.29, 1.82) is 0 Å². The molecule has 0 atom stereocenters. The van der Waals surface area contributed by atoms with Gasteiger partial charge in [-0.1, -0.05) is 29.8 Å². The largest absolute Gasteiger partial charge is 0.484 e. The van der Waals surface area contributed by atoms with Crippen LogP contribution in [0, 0.1) is 6.92 Å². The Morgan fingerprint density at radius 3 is 2.70 bits per heavy atom. The minimum atomic E-state index is -0.821. The molecule has 1 aliphatic rings. The average Bonchev–Trinajstić information content (AvgIpc) is 3.53. The topological polar surface area (TPSA) is 109 Å². The van der Waals surface area contributed by atoms with Crippen molar-refractivity contribution >= 4 is 41.2 Å². The standard InChI is InChI=1S/C21H21ClN4O4/c1-13-5-6-16(10-18(13)22)24-19(27)12-30-17-4-2-3-14(9-17)11-23-26-21(29)20(28)25-15-7-8-15/h2-6,9-11,15H,7-8,12H2,1H3,(H,24,27)(H,25,28)(H,26,29)/b23-11-. The maximum Gasteiger partial charge on any atom is 0.329 e. The Bertz CT molecular complexity index is 989. The molecule has 9 heteroatoms.